The van der Waals surface area contributed by atoms with Crippen molar-refractivity contribution in [3.8, 4) is 0 Å². The predicted molar refractivity (Wildman–Crippen MR) is 106 cm³/mol. The molecule has 0 aromatic heterocycles. The van der Waals surface area contributed by atoms with Gasteiger partial charge in [-0.05, 0) is 56.2 Å². The van der Waals surface area contributed by atoms with Crippen molar-refractivity contribution in [1.29, 1.82) is 0 Å². The van der Waals surface area contributed by atoms with Gasteiger partial charge in [0.15, 0.2) is 0 Å². The quantitative estimate of drug-likeness (QED) is 0.786. The van der Waals surface area contributed by atoms with E-state index in [0.29, 0.717) is 6.54 Å². The van der Waals surface area contributed by atoms with Crippen molar-refractivity contribution in [2.45, 2.75) is 64.0 Å². The summed E-state index contributed by atoms with van der Waals surface area (Å²) in [4.78, 5) is 37.7. The lowest BCUT2D eigenvalue weighted by atomic mass is 9.85. The maximum atomic E-state index is 12.8. The molecule has 2 fully saturated rings. The number of nitrogens with one attached hydrogen (secondary N) is 1. The van der Waals surface area contributed by atoms with Crippen LogP contribution in [0.15, 0.2) is 24.3 Å². The second-order valence-electron chi connectivity index (χ2n) is 8.23. The average molecular weight is 386 g/mol. The Morgan fingerprint density at radius 3 is 2.14 bits per heavy atom. The molecule has 2 aliphatic carbocycles. The molecule has 6 heteroatoms. The SMILES string of the molecule is CN(Cc1ccc(C(=O)O)cc1)C(=O)C1CCC(NC(=O)C2CCCC2)CC1. The molecule has 0 heterocycles. The van der Waals surface area contributed by atoms with Crippen LogP contribution in [-0.4, -0.2) is 40.9 Å². The monoisotopic (exact) mass is 386 g/mol. The third-order valence-corrected chi connectivity index (χ3v) is 6.15. The number of aromatic carboxylic acids is 1. The largest absolute Gasteiger partial charge is 0.478 e. The maximum absolute atomic E-state index is 12.8. The second kappa shape index (κ2) is 9.22. The topological polar surface area (TPSA) is 86.7 Å². The number of hydrogen-bond acceptors (Lipinski definition) is 3. The number of carboxylic acids is 1. The summed E-state index contributed by atoms with van der Waals surface area (Å²) in [6, 6.07) is 6.83. The summed E-state index contributed by atoms with van der Waals surface area (Å²) in [5.74, 6) is -0.425. The summed E-state index contributed by atoms with van der Waals surface area (Å²) in [7, 11) is 1.79. The van der Waals surface area contributed by atoms with Crippen molar-refractivity contribution in [2.75, 3.05) is 7.05 Å². The van der Waals surface area contributed by atoms with E-state index in [1.54, 1.807) is 36.2 Å². The van der Waals surface area contributed by atoms with Gasteiger partial charge < -0.3 is 15.3 Å². The fourth-order valence-corrected chi connectivity index (χ4v) is 4.41. The first kappa shape index (κ1) is 20.4. The number of rotatable bonds is 6. The Morgan fingerprint density at radius 2 is 1.57 bits per heavy atom. The molecule has 0 radical (unpaired) electrons. The first-order valence-electron chi connectivity index (χ1n) is 10.3. The summed E-state index contributed by atoms with van der Waals surface area (Å²) in [6.07, 6.45) is 7.66. The first-order chi connectivity index (χ1) is 13.4. The first-order valence-corrected chi connectivity index (χ1v) is 10.3. The van der Waals surface area contributed by atoms with Gasteiger partial charge in [-0.15, -0.1) is 0 Å². The van der Waals surface area contributed by atoms with Crippen molar-refractivity contribution in [2.24, 2.45) is 11.8 Å². The molecule has 2 N–H and O–H groups in total. The minimum atomic E-state index is -0.951. The van der Waals surface area contributed by atoms with Crippen LogP contribution in [0.2, 0.25) is 0 Å². The van der Waals surface area contributed by atoms with Gasteiger partial charge in [0.1, 0.15) is 0 Å². The fraction of sp³-hybridized carbons (Fsp3) is 0.591. The molecule has 28 heavy (non-hydrogen) atoms. The highest BCUT2D eigenvalue weighted by atomic mass is 16.4. The highest BCUT2D eigenvalue weighted by molar-refractivity contribution is 5.87. The fourth-order valence-electron chi connectivity index (χ4n) is 4.41. The van der Waals surface area contributed by atoms with Crippen LogP contribution in [0.5, 0.6) is 0 Å². The highest BCUT2D eigenvalue weighted by Crippen LogP contribution is 2.28. The second-order valence-corrected chi connectivity index (χ2v) is 8.23. The van der Waals surface area contributed by atoms with E-state index in [1.165, 1.54) is 0 Å². The summed E-state index contributed by atoms with van der Waals surface area (Å²) in [6.45, 7) is 0.469. The smallest absolute Gasteiger partial charge is 0.335 e. The lowest BCUT2D eigenvalue weighted by Crippen LogP contribution is -2.42. The van der Waals surface area contributed by atoms with Crippen LogP contribution >= 0.6 is 0 Å². The summed E-state index contributed by atoms with van der Waals surface area (Å²) in [5, 5.41) is 12.2. The van der Waals surface area contributed by atoms with Gasteiger partial charge in [-0.3, -0.25) is 9.59 Å². The Labute approximate surface area is 166 Å². The van der Waals surface area contributed by atoms with Crippen LogP contribution in [0.4, 0.5) is 0 Å². The lowest BCUT2D eigenvalue weighted by molar-refractivity contribution is -0.136. The van der Waals surface area contributed by atoms with Crippen LogP contribution in [0.25, 0.3) is 0 Å². The molecule has 1 aromatic carbocycles. The Morgan fingerprint density at radius 1 is 0.964 bits per heavy atom. The number of carbonyl (C=O) groups is 3. The summed E-state index contributed by atoms with van der Waals surface area (Å²) < 4.78 is 0. The van der Waals surface area contributed by atoms with Crippen molar-refractivity contribution in [3.05, 3.63) is 35.4 Å². The van der Waals surface area contributed by atoms with E-state index in [1.807, 2.05) is 0 Å². The Kier molecular flexibility index (Phi) is 6.70. The lowest BCUT2D eigenvalue weighted by Gasteiger charge is -2.31. The van der Waals surface area contributed by atoms with Gasteiger partial charge in [0.25, 0.3) is 0 Å². The minimum absolute atomic E-state index is 0.00271. The van der Waals surface area contributed by atoms with Gasteiger partial charge in [0.2, 0.25) is 11.8 Å². The van der Waals surface area contributed by atoms with Gasteiger partial charge in [-0.1, -0.05) is 25.0 Å². The zero-order valence-electron chi connectivity index (χ0n) is 16.5. The van der Waals surface area contributed by atoms with E-state index < -0.39 is 5.97 Å². The number of nitrogens with zero attached hydrogens (tertiary/aromatic N) is 1. The Hall–Kier alpha value is -2.37. The van der Waals surface area contributed by atoms with Crippen molar-refractivity contribution < 1.29 is 19.5 Å². The molecule has 0 saturated heterocycles. The van der Waals surface area contributed by atoms with Crippen molar-refractivity contribution in [1.82, 2.24) is 10.2 Å². The average Bonchev–Trinajstić information content (AvgIpc) is 3.23. The predicted octanol–water partition coefficient (Wildman–Crippen LogP) is 3.21. The van der Waals surface area contributed by atoms with Gasteiger partial charge >= 0.3 is 5.97 Å². The summed E-state index contributed by atoms with van der Waals surface area (Å²) in [5.41, 5.74) is 1.16. The number of amides is 2. The normalized spacial score (nSPS) is 22.6. The third kappa shape index (κ3) is 5.12. The van der Waals surface area contributed by atoms with Crippen molar-refractivity contribution in [3.63, 3.8) is 0 Å². The molecule has 6 nitrogen and oxygen atoms in total. The maximum Gasteiger partial charge on any atom is 0.335 e. The molecule has 0 spiro atoms. The molecule has 3 rings (SSSR count). The third-order valence-electron chi connectivity index (χ3n) is 6.15. The molecule has 0 bridgehead atoms. The molecule has 1 aromatic rings. The molecule has 0 atom stereocenters. The van der Waals surface area contributed by atoms with Gasteiger partial charge in [0.05, 0.1) is 5.56 Å². The Balaban J connectivity index is 1.44. The van der Waals surface area contributed by atoms with Crippen LogP contribution < -0.4 is 5.32 Å². The van der Waals surface area contributed by atoms with E-state index in [4.69, 9.17) is 5.11 Å². The van der Waals surface area contributed by atoms with Gasteiger partial charge in [-0.25, -0.2) is 4.79 Å². The van der Waals surface area contributed by atoms with E-state index in [9.17, 15) is 14.4 Å². The molecule has 2 aliphatic rings. The van der Waals surface area contributed by atoms with Crippen LogP contribution in [-0.2, 0) is 16.1 Å². The number of benzene rings is 1. The number of carboxylic acid groups (broad SMARTS) is 1. The van der Waals surface area contributed by atoms with Crippen LogP contribution in [0, 0.1) is 11.8 Å². The molecule has 2 saturated carbocycles. The Bertz CT molecular complexity index is 702. The zero-order chi connectivity index (χ0) is 20.1. The highest BCUT2D eigenvalue weighted by Gasteiger charge is 2.30. The van der Waals surface area contributed by atoms with E-state index in [-0.39, 0.29) is 35.3 Å². The summed E-state index contributed by atoms with van der Waals surface area (Å²) >= 11 is 0. The van der Waals surface area contributed by atoms with Crippen LogP contribution in [0.1, 0.15) is 67.3 Å². The standard InChI is InChI=1S/C22H30N2O4/c1-24(14-15-6-8-18(9-7-15)22(27)28)21(26)17-10-12-19(13-11-17)23-20(25)16-4-2-3-5-16/h6-9,16-17,19H,2-5,10-14H2,1H3,(H,23,25)(H,27,28). The molecular formula is C22H30N2O4. The molecule has 152 valence electrons. The minimum Gasteiger partial charge on any atom is -0.478 e. The molecule has 2 amide bonds. The van der Waals surface area contributed by atoms with Gasteiger partial charge in [0, 0.05) is 31.5 Å². The zero-order valence-corrected chi connectivity index (χ0v) is 16.5. The number of carbonyl (C=O) groups excluding carboxylic acids is 2. The molecule has 0 unspecified atom stereocenters. The van der Waals surface area contributed by atoms with E-state index in [2.05, 4.69) is 5.32 Å². The van der Waals surface area contributed by atoms with Crippen molar-refractivity contribution >= 4 is 17.8 Å². The number of hydrogen-bond donors (Lipinski definition) is 2. The van der Waals surface area contributed by atoms with E-state index >= 15 is 0 Å². The molecule has 0 aliphatic heterocycles. The van der Waals surface area contributed by atoms with E-state index in [0.717, 1.165) is 56.9 Å². The molecular weight excluding hydrogens is 356 g/mol. The van der Waals surface area contributed by atoms with Gasteiger partial charge in [-0.2, -0.15) is 0 Å². The van der Waals surface area contributed by atoms with Crippen LogP contribution in [0.3, 0.4) is 0 Å².